The van der Waals surface area contributed by atoms with Gasteiger partial charge in [0.05, 0.1) is 24.1 Å². The lowest BCUT2D eigenvalue weighted by atomic mass is 10.00. The first-order valence-corrected chi connectivity index (χ1v) is 17.0. The lowest BCUT2D eigenvalue weighted by molar-refractivity contribution is -0.128. The highest BCUT2D eigenvalue weighted by Gasteiger charge is 2.34. The number of rotatable bonds is 15. The van der Waals surface area contributed by atoms with Gasteiger partial charge in [0.1, 0.15) is 22.1 Å². The van der Waals surface area contributed by atoms with E-state index in [4.69, 9.17) is 10.4 Å². The minimum atomic E-state index is -4.24. The second-order valence-electron chi connectivity index (χ2n) is 12.1. The van der Waals surface area contributed by atoms with Crippen molar-refractivity contribution in [2.75, 3.05) is 13.1 Å². The summed E-state index contributed by atoms with van der Waals surface area (Å²) in [5.74, 6) is -2.50. The monoisotopic (exact) mass is 687 g/mol. The summed E-state index contributed by atoms with van der Waals surface area (Å²) in [4.78, 5) is 43.2. The summed E-state index contributed by atoms with van der Waals surface area (Å²) in [6.45, 7) is 3.29. The van der Waals surface area contributed by atoms with Crippen molar-refractivity contribution in [2.24, 2.45) is 11.7 Å². The number of nitrogens with two attached hydrogens (primary N) is 1. The number of para-hydroxylation sites is 1. The van der Waals surface area contributed by atoms with Gasteiger partial charge in [-0.3, -0.25) is 14.4 Å². The first-order chi connectivity index (χ1) is 23.4. The van der Waals surface area contributed by atoms with E-state index in [-0.39, 0.29) is 40.5 Å². The number of amides is 3. The summed E-state index contributed by atoms with van der Waals surface area (Å²) >= 11 is 0. The fourth-order valence-corrected chi connectivity index (χ4v) is 7.17. The van der Waals surface area contributed by atoms with E-state index in [0.717, 1.165) is 15.3 Å². The summed E-state index contributed by atoms with van der Waals surface area (Å²) in [6.07, 6.45) is -1.89. The predicted octanol–water partition coefficient (Wildman–Crippen LogP) is 2.18. The molecule has 15 heteroatoms. The van der Waals surface area contributed by atoms with Crippen LogP contribution in [-0.4, -0.2) is 82.1 Å². The van der Waals surface area contributed by atoms with Crippen molar-refractivity contribution in [2.45, 2.75) is 49.8 Å². The molecule has 5 N–H and O–H groups in total. The minimum absolute atomic E-state index is 0.0220. The Morgan fingerprint density at radius 2 is 1.59 bits per heavy atom. The molecule has 2 aromatic heterocycles. The quantitative estimate of drug-likeness (QED) is 0.126. The summed E-state index contributed by atoms with van der Waals surface area (Å²) < 4.78 is 33.9. The van der Waals surface area contributed by atoms with E-state index >= 15 is 0 Å². The molecule has 5 aromatic rings. The van der Waals surface area contributed by atoms with Gasteiger partial charge in [0.25, 0.3) is 5.91 Å². The number of carbonyl (C=O) groups is 3. The Hall–Kier alpha value is -5.25. The second kappa shape index (κ2) is 15.3. The first-order valence-electron chi connectivity index (χ1n) is 15.6. The molecule has 0 aliphatic carbocycles. The summed E-state index contributed by atoms with van der Waals surface area (Å²) in [6, 6.07) is 21.3. The molecular formula is C34H37N7O7S. The largest absolute Gasteiger partial charge is 0.390 e. The van der Waals surface area contributed by atoms with E-state index in [2.05, 4.69) is 25.9 Å². The van der Waals surface area contributed by atoms with Gasteiger partial charge < -0.3 is 21.5 Å². The Balaban J connectivity index is 1.41. The molecule has 2 heterocycles. The number of primary amides is 1. The van der Waals surface area contributed by atoms with Gasteiger partial charge in [-0.25, -0.2) is 18.0 Å². The molecule has 3 aromatic carbocycles. The molecule has 0 spiro atoms. The van der Waals surface area contributed by atoms with E-state index in [1.54, 1.807) is 48.5 Å². The smallest absolute Gasteiger partial charge is 0.270 e. The highest BCUT2D eigenvalue weighted by molar-refractivity contribution is 7.89. The van der Waals surface area contributed by atoms with Crippen LogP contribution in [0.25, 0.3) is 21.9 Å². The molecule has 0 radical (unpaired) electrons. The third-order valence-corrected chi connectivity index (χ3v) is 9.64. The summed E-state index contributed by atoms with van der Waals surface area (Å²) in [5, 5.41) is 25.3. The van der Waals surface area contributed by atoms with Crippen LogP contribution in [-0.2, 0) is 26.0 Å². The van der Waals surface area contributed by atoms with Crippen LogP contribution in [0.1, 0.15) is 36.3 Å². The van der Waals surface area contributed by atoms with E-state index in [9.17, 15) is 27.9 Å². The number of carbonyl (C=O) groups excluding carboxylic acids is 3. The number of nitrogens with zero attached hydrogens (tertiary/aromatic N) is 4. The maximum Gasteiger partial charge on any atom is 0.270 e. The second-order valence-corrected chi connectivity index (χ2v) is 14.0. The SMILES string of the molecule is CC(C)CN(C[C@@H](O)[C@H](Cc1ccccc1)NC(=O)[C@H](CC(N)=O)NC(=O)c1ccc2ccccc2n1)S(=O)(=O)c1cccc2nonc12. The molecule has 0 aliphatic rings. The predicted molar refractivity (Wildman–Crippen MR) is 180 cm³/mol. The molecule has 0 unspecified atom stereocenters. The maximum atomic E-state index is 14.0. The topological polar surface area (TPSA) is 211 Å². The van der Waals surface area contributed by atoms with Gasteiger partial charge in [0.15, 0.2) is 5.52 Å². The van der Waals surface area contributed by atoms with Crippen LogP contribution in [0, 0.1) is 5.92 Å². The molecule has 49 heavy (non-hydrogen) atoms. The molecule has 5 rings (SSSR count). The van der Waals surface area contributed by atoms with Crippen molar-refractivity contribution in [1.29, 1.82) is 0 Å². The molecule has 0 saturated heterocycles. The molecule has 3 amide bonds. The third kappa shape index (κ3) is 8.62. The van der Waals surface area contributed by atoms with Crippen LogP contribution >= 0.6 is 0 Å². The number of pyridine rings is 1. The van der Waals surface area contributed by atoms with Crippen LogP contribution in [0.5, 0.6) is 0 Å². The molecular weight excluding hydrogens is 650 g/mol. The van der Waals surface area contributed by atoms with Crippen LogP contribution < -0.4 is 16.4 Å². The van der Waals surface area contributed by atoms with Crippen molar-refractivity contribution in [3.05, 3.63) is 96.2 Å². The fraction of sp³-hybridized carbons (Fsp3) is 0.294. The van der Waals surface area contributed by atoms with Crippen LogP contribution in [0.15, 0.2) is 94.5 Å². The zero-order valence-electron chi connectivity index (χ0n) is 26.9. The van der Waals surface area contributed by atoms with Gasteiger partial charge in [0.2, 0.25) is 21.8 Å². The first kappa shape index (κ1) is 35.1. The van der Waals surface area contributed by atoms with Gasteiger partial charge in [-0.05, 0) is 52.5 Å². The molecule has 0 saturated carbocycles. The maximum absolute atomic E-state index is 14.0. The third-order valence-electron chi connectivity index (χ3n) is 7.78. The van der Waals surface area contributed by atoms with E-state index in [0.29, 0.717) is 5.52 Å². The number of nitrogens with one attached hydrogen (secondary N) is 2. The average molecular weight is 688 g/mol. The van der Waals surface area contributed by atoms with E-state index in [1.807, 2.05) is 32.0 Å². The fourth-order valence-electron chi connectivity index (χ4n) is 5.41. The van der Waals surface area contributed by atoms with Crippen molar-refractivity contribution in [3.8, 4) is 0 Å². The van der Waals surface area contributed by atoms with E-state index in [1.165, 1.54) is 18.2 Å². The van der Waals surface area contributed by atoms with Crippen LogP contribution in [0.2, 0.25) is 0 Å². The zero-order valence-corrected chi connectivity index (χ0v) is 27.7. The van der Waals surface area contributed by atoms with Crippen LogP contribution in [0.4, 0.5) is 0 Å². The highest BCUT2D eigenvalue weighted by Crippen LogP contribution is 2.25. The van der Waals surface area contributed by atoms with E-state index < -0.39 is 58.9 Å². The number of sulfonamides is 1. The standard InChI is InChI=1S/C34H37N7O7S/c1-21(2)19-41(49(46,47)30-14-8-13-25-32(30)40-48-39-25)20-29(42)27(17-22-9-4-3-5-10-22)37-34(45)28(18-31(35)43)38-33(44)26-16-15-23-11-6-7-12-24(23)36-26/h3-16,21,27-29,42H,17-20H2,1-2H3,(H2,35,43)(H,37,45)(H,38,44)/t27-,28-,29+/m0/s1. The number of benzene rings is 3. The molecule has 0 bridgehead atoms. The molecule has 256 valence electrons. The van der Waals surface area contributed by atoms with Gasteiger partial charge >= 0.3 is 0 Å². The Morgan fingerprint density at radius 3 is 2.33 bits per heavy atom. The Bertz CT molecular complexity index is 2050. The Labute approximate surface area is 282 Å². The number of hydrogen-bond acceptors (Lipinski definition) is 10. The lowest BCUT2D eigenvalue weighted by Gasteiger charge is -2.31. The van der Waals surface area contributed by atoms with Gasteiger partial charge in [0, 0.05) is 18.5 Å². The van der Waals surface area contributed by atoms with Crippen molar-refractivity contribution >= 4 is 49.7 Å². The number of aliphatic hydroxyl groups is 1. The Morgan fingerprint density at radius 1 is 0.878 bits per heavy atom. The highest BCUT2D eigenvalue weighted by atomic mass is 32.2. The summed E-state index contributed by atoms with van der Waals surface area (Å²) in [5.41, 5.74) is 7.08. The van der Waals surface area contributed by atoms with Gasteiger partial charge in [-0.1, -0.05) is 74.5 Å². The minimum Gasteiger partial charge on any atom is -0.390 e. The van der Waals surface area contributed by atoms with Crippen molar-refractivity contribution < 1.29 is 32.5 Å². The van der Waals surface area contributed by atoms with Crippen molar-refractivity contribution in [3.63, 3.8) is 0 Å². The van der Waals surface area contributed by atoms with Crippen LogP contribution in [0.3, 0.4) is 0 Å². The van der Waals surface area contributed by atoms with Gasteiger partial charge in [-0.15, -0.1) is 0 Å². The summed E-state index contributed by atoms with van der Waals surface area (Å²) in [7, 11) is -4.24. The molecule has 0 aliphatic heterocycles. The number of aliphatic hydroxyl groups excluding tert-OH is 1. The normalized spacial score (nSPS) is 13.7. The Kier molecular flexibility index (Phi) is 11.0. The van der Waals surface area contributed by atoms with Crippen molar-refractivity contribution in [1.82, 2.24) is 30.2 Å². The van der Waals surface area contributed by atoms with Gasteiger partial charge in [-0.2, -0.15) is 4.31 Å². The lowest BCUT2D eigenvalue weighted by Crippen LogP contribution is -2.56. The molecule has 14 nitrogen and oxygen atoms in total. The average Bonchev–Trinajstić information content (AvgIpc) is 3.56. The zero-order chi connectivity index (χ0) is 35.1. The molecule has 0 fully saturated rings. The molecule has 3 atom stereocenters. The number of hydrogen-bond donors (Lipinski definition) is 4. The number of aromatic nitrogens is 3. The number of fused-ring (bicyclic) bond motifs is 2.